The number of halogens is 10. The SMILES string of the molecule is C/C(=C\[B-](C)(c1c(F)c(F)c(F)c(F)c1F)c1c(F)c(F)c(F)c(F)c1F)Cc1ccccc1. The van der Waals surface area contributed by atoms with Crippen LogP contribution in [0.5, 0.6) is 0 Å². The number of allylic oxidation sites excluding steroid dienone is 1. The van der Waals surface area contributed by atoms with Crippen LogP contribution < -0.4 is 10.9 Å². The summed E-state index contributed by atoms with van der Waals surface area (Å²) in [6.45, 7) is 1.97. The Balaban J connectivity index is 2.44. The molecule has 0 saturated carbocycles. The lowest BCUT2D eigenvalue weighted by molar-refractivity contribution is 0.381. The molecule has 3 aromatic carbocycles. The molecule has 34 heavy (non-hydrogen) atoms. The van der Waals surface area contributed by atoms with Gasteiger partial charge in [-0.2, -0.15) is 6.82 Å². The van der Waals surface area contributed by atoms with Crippen LogP contribution in [0.15, 0.2) is 41.9 Å². The quantitative estimate of drug-likeness (QED) is 0.178. The van der Waals surface area contributed by atoms with Crippen LogP contribution in [0.3, 0.4) is 0 Å². The van der Waals surface area contributed by atoms with E-state index in [-0.39, 0.29) is 12.0 Å². The Hall–Kier alpha value is -3.24. The monoisotopic (exact) mass is 491 g/mol. The normalized spacial score (nSPS) is 12.4. The summed E-state index contributed by atoms with van der Waals surface area (Å²) in [6, 6.07) is 8.14. The summed E-state index contributed by atoms with van der Waals surface area (Å²) >= 11 is 0. The van der Waals surface area contributed by atoms with Crippen LogP contribution in [0.1, 0.15) is 12.5 Å². The number of hydrogen-bond donors (Lipinski definition) is 0. The molecule has 0 saturated heterocycles. The summed E-state index contributed by atoms with van der Waals surface area (Å²) in [5, 5.41) is 0. The molecule has 0 fully saturated rings. The zero-order chi connectivity index (χ0) is 25.5. The van der Waals surface area contributed by atoms with Crippen LogP contribution in [-0.2, 0) is 6.42 Å². The summed E-state index contributed by atoms with van der Waals surface area (Å²) < 4.78 is 142. The molecule has 0 aliphatic rings. The highest BCUT2D eigenvalue weighted by Gasteiger charge is 2.38. The van der Waals surface area contributed by atoms with Gasteiger partial charge in [0.1, 0.15) is 23.3 Å². The van der Waals surface area contributed by atoms with Crippen molar-refractivity contribution >= 4 is 17.1 Å². The van der Waals surface area contributed by atoms with Gasteiger partial charge < -0.3 is 0 Å². The molecule has 0 nitrogen and oxygen atoms in total. The molecule has 11 heteroatoms. The van der Waals surface area contributed by atoms with E-state index in [0.29, 0.717) is 12.4 Å². The largest absolute Gasteiger partial charge is 0.237 e. The molecular formula is C23H14BF10-. The van der Waals surface area contributed by atoms with Gasteiger partial charge in [-0.3, -0.25) is 0 Å². The zero-order valence-electron chi connectivity index (χ0n) is 17.5. The number of hydrogen-bond acceptors (Lipinski definition) is 0. The first kappa shape index (κ1) is 25.4. The van der Waals surface area contributed by atoms with Gasteiger partial charge >= 0.3 is 0 Å². The average molecular weight is 491 g/mol. The number of benzene rings is 3. The van der Waals surface area contributed by atoms with E-state index >= 15 is 0 Å². The first-order chi connectivity index (χ1) is 15.8. The van der Waals surface area contributed by atoms with Gasteiger partial charge in [0.2, 0.25) is 0 Å². The van der Waals surface area contributed by atoms with E-state index in [1.54, 1.807) is 30.3 Å². The molecule has 0 spiro atoms. The predicted molar refractivity (Wildman–Crippen MR) is 107 cm³/mol. The van der Waals surface area contributed by atoms with Crippen molar-refractivity contribution in [3.8, 4) is 0 Å². The van der Waals surface area contributed by atoms with Gasteiger partial charge in [-0.15, -0.1) is 16.5 Å². The van der Waals surface area contributed by atoms with Crippen molar-refractivity contribution in [2.24, 2.45) is 0 Å². The zero-order valence-corrected chi connectivity index (χ0v) is 17.5. The summed E-state index contributed by atoms with van der Waals surface area (Å²) in [5.41, 5.74) is -2.75. The Kier molecular flexibility index (Phi) is 6.86. The molecule has 0 N–H and O–H groups in total. The summed E-state index contributed by atoms with van der Waals surface area (Å²) in [4.78, 5) is 0. The van der Waals surface area contributed by atoms with Crippen LogP contribution in [0.4, 0.5) is 43.9 Å². The van der Waals surface area contributed by atoms with Gasteiger partial charge in [-0.25, -0.2) is 49.9 Å². The highest BCUT2D eigenvalue weighted by atomic mass is 19.2. The maximum atomic E-state index is 14.8. The lowest BCUT2D eigenvalue weighted by Crippen LogP contribution is -2.61. The van der Waals surface area contributed by atoms with Crippen LogP contribution in [0.25, 0.3) is 0 Å². The molecule has 0 radical (unpaired) electrons. The van der Waals surface area contributed by atoms with Crippen LogP contribution in [0.2, 0.25) is 6.82 Å². The van der Waals surface area contributed by atoms with Crippen molar-refractivity contribution in [3.63, 3.8) is 0 Å². The van der Waals surface area contributed by atoms with E-state index in [1.807, 2.05) is 0 Å². The third-order valence-electron chi connectivity index (χ3n) is 5.63. The van der Waals surface area contributed by atoms with Crippen molar-refractivity contribution in [1.29, 1.82) is 0 Å². The van der Waals surface area contributed by atoms with Crippen molar-refractivity contribution in [3.05, 3.63) is 106 Å². The van der Waals surface area contributed by atoms with Gasteiger partial charge in [0.25, 0.3) is 0 Å². The fraction of sp³-hybridized carbons (Fsp3) is 0.130. The molecule has 0 aliphatic carbocycles. The standard InChI is InChI=1S/C23H14BF10/c1-10(8-11-6-4-3-5-7-11)9-24(2,12-14(25)18(29)22(33)19(30)15(12)26)13-16(27)20(31)23(34)21(32)17(13)28/h3-7,9H,8H2,1-2H3/q-1/b10-9+. The minimum Gasteiger partial charge on any atom is -0.237 e. The molecule has 0 bridgehead atoms. The van der Waals surface area contributed by atoms with Crippen LogP contribution >= 0.6 is 0 Å². The minimum atomic E-state index is -3.92. The molecule has 180 valence electrons. The van der Waals surface area contributed by atoms with Gasteiger partial charge in [-0.1, -0.05) is 30.3 Å². The van der Waals surface area contributed by atoms with E-state index in [9.17, 15) is 43.9 Å². The second-order valence-electron chi connectivity index (χ2n) is 8.03. The van der Waals surface area contributed by atoms with E-state index in [2.05, 4.69) is 0 Å². The smallest absolute Gasteiger partial charge is 0.200 e. The molecule has 0 amide bonds. The first-order valence-electron chi connectivity index (χ1n) is 9.78. The molecule has 0 aromatic heterocycles. The Morgan fingerprint density at radius 1 is 0.588 bits per heavy atom. The third-order valence-corrected chi connectivity index (χ3v) is 5.63. The third kappa shape index (κ3) is 4.08. The lowest BCUT2D eigenvalue weighted by atomic mass is 9.19. The minimum absolute atomic E-state index is 0.0248. The first-order valence-corrected chi connectivity index (χ1v) is 9.78. The maximum absolute atomic E-state index is 14.8. The van der Waals surface area contributed by atoms with Gasteiger partial charge in [-0.05, 0) is 18.9 Å². The Morgan fingerprint density at radius 3 is 1.26 bits per heavy atom. The molecule has 0 atom stereocenters. The second kappa shape index (κ2) is 9.19. The fourth-order valence-electron chi connectivity index (χ4n) is 4.15. The molecule has 3 rings (SSSR count). The van der Waals surface area contributed by atoms with E-state index in [0.717, 1.165) is 5.98 Å². The van der Waals surface area contributed by atoms with Crippen molar-refractivity contribution in [1.82, 2.24) is 0 Å². The summed E-state index contributed by atoms with van der Waals surface area (Å²) in [7, 11) is 0. The van der Waals surface area contributed by atoms with Gasteiger partial charge in [0, 0.05) is 0 Å². The molecular weight excluding hydrogens is 477 g/mol. The highest BCUT2D eigenvalue weighted by molar-refractivity contribution is 7.05. The molecule has 3 aromatic rings. The highest BCUT2D eigenvalue weighted by Crippen LogP contribution is 2.26. The lowest BCUT2D eigenvalue weighted by Gasteiger charge is -2.37. The Morgan fingerprint density at radius 2 is 0.912 bits per heavy atom. The van der Waals surface area contributed by atoms with Crippen LogP contribution in [0, 0.1) is 58.2 Å². The maximum Gasteiger partial charge on any atom is 0.200 e. The number of rotatable bonds is 5. The van der Waals surface area contributed by atoms with Crippen molar-refractivity contribution in [2.75, 3.05) is 0 Å². The van der Waals surface area contributed by atoms with E-state index < -0.39 is 75.2 Å². The van der Waals surface area contributed by atoms with Gasteiger partial charge in [0.05, 0.1) is 6.15 Å². The van der Waals surface area contributed by atoms with Crippen LogP contribution in [-0.4, -0.2) is 6.15 Å². The molecule has 0 aliphatic heterocycles. The summed E-state index contributed by atoms with van der Waals surface area (Å²) in [5.74, 6) is -23.8. The fourth-order valence-corrected chi connectivity index (χ4v) is 4.15. The molecule has 0 heterocycles. The van der Waals surface area contributed by atoms with Gasteiger partial charge in [0.15, 0.2) is 34.9 Å². The predicted octanol–water partition coefficient (Wildman–Crippen LogP) is 6.00. The average Bonchev–Trinajstić information content (AvgIpc) is 2.79. The van der Waals surface area contributed by atoms with E-state index in [4.69, 9.17) is 0 Å². The topological polar surface area (TPSA) is 0 Å². The second-order valence-corrected chi connectivity index (χ2v) is 8.03. The van der Waals surface area contributed by atoms with Crippen molar-refractivity contribution in [2.45, 2.75) is 20.2 Å². The Bertz CT molecular complexity index is 1170. The van der Waals surface area contributed by atoms with Crippen molar-refractivity contribution < 1.29 is 43.9 Å². The van der Waals surface area contributed by atoms with E-state index in [1.165, 1.54) is 6.92 Å². The Labute approximate surface area is 187 Å². The molecule has 0 unspecified atom stereocenters. The summed E-state index contributed by atoms with van der Waals surface area (Å²) in [6.07, 6.45) is -3.94.